The average Bonchev–Trinajstić information content (AvgIpc) is 2.34. The Morgan fingerprint density at radius 3 is 2.91 bits per heavy atom. The molecule has 56 valence electrons. The van der Waals surface area contributed by atoms with E-state index in [0.717, 1.165) is 0 Å². The fourth-order valence-electron chi connectivity index (χ4n) is 0.682. The zero-order valence-corrected chi connectivity index (χ0v) is 6.39. The van der Waals surface area contributed by atoms with Gasteiger partial charge in [0.2, 0.25) is 0 Å². The Morgan fingerprint density at radius 2 is 2.45 bits per heavy atom. The highest BCUT2D eigenvalue weighted by atomic mass is 32.1. The first kappa shape index (κ1) is 7.76. The van der Waals surface area contributed by atoms with Crippen LogP contribution in [0.3, 0.4) is 0 Å². The molecule has 3 nitrogen and oxygen atoms in total. The van der Waals surface area contributed by atoms with E-state index in [9.17, 15) is 4.79 Å². The minimum atomic E-state index is -0.865. The van der Waals surface area contributed by atoms with E-state index in [1.54, 1.807) is 12.1 Å². The van der Waals surface area contributed by atoms with E-state index in [1.165, 1.54) is 11.3 Å². The van der Waals surface area contributed by atoms with Crippen molar-refractivity contribution in [2.75, 3.05) is 0 Å². The van der Waals surface area contributed by atoms with E-state index in [2.05, 4.69) is 0 Å². The maximum atomic E-state index is 10.2. The lowest BCUT2D eigenvalue weighted by molar-refractivity contribution is -0.136. The van der Waals surface area contributed by atoms with Crippen LogP contribution < -0.4 is 0 Å². The van der Waals surface area contributed by atoms with Crippen molar-refractivity contribution >= 4 is 17.3 Å². The van der Waals surface area contributed by atoms with Crippen LogP contribution in [0.4, 0.5) is 0 Å². The van der Waals surface area contributed by atoms with E-state index >= 15 is 0 Å². The fourth-order valence-corrected chi connectivity index (χ4v) is 1.48. The summed E-state index contributed by atoms with van der Waals surface area (Å²) in [6.07, 6.45) is 0.00630. The van der Waals surface area contributed by atoms with Crippen molar-refractivity contribution in [2.24, 2.45) is 0 Å². The molecule has 11 heavy (non-hydrogen) atoms. The molecule has 1 heterocycles. The van der Waals surface area contributed by atoms with Crippen LogP contribution in [0.15, 0.2) is 12.1 Å². The Hall–Kier alpha value is -1.34. The van der Waals surface area contributed by atoms with Gasteiger partial charge in [0.25, 0.3) is 0 Å². The normalized spacial score (nSPS) is 9.00. The first-order valence-corrected chi connectivity index (χ1v) is 3.74. The van der Waals surface area contributed by atoms with Crippen molar-refractivity contribution in [1.29, 1.82) is 5.26 Å². The predicted molar refractivity (Wildman–Crippen MR) is 40.4 cm³/mol. The van der Waals surface area contributed by atoms with Gasteiger partial charge < -0.3 is 5.11 Å². The van der Waals surface area contributed by atoms with Gasteiger partial charge in [-0.05, 0) is 12.1 Å². The lowest BCUT2D eigenvalue weighted by Gasteiger charge is -1.85. The first-order valence-electron chi connectivity index (χ1n) is 2.93. The molecule has 1 aromatic heterocycles. The number of hydrogen-bond acceptors (Lipinski definition) is 3. The zero-order valence-electron chi connectivity index (χ0n) is 5.57. The molecule has 0 aliphatic rings. The number of hydrogen-bond donors (Lipinski definition) is 1. The second-order valence-corrected chi connectivity index (χ2v) is 3.12. The average molecular weight is 167 g/mol. The van der Waals surface area contributed by atoms with Gasteiger partial charge in [0.15, 0.2) is 0 Å². The van der Waals surface area contributed by atoms with Crippen molar-refractivity contribution in [2.45, 2.75) is 6.42 Å². The predicted octanol–water partition coefficient (Wildman–Crippen LogP) is 1.25. The third kappa shape index (κ3) is 2.06. The van der Waals surface area contributed by atoms with Crippen molar-refractivity contribution < 1.29 is 9.90 Å². The smallest absolute Gasteiger partial charge is 0.308 e. The van der Waals surface area contributed by atoms with Crippen LogP contribution in [-0.4, -0.2) is 11.1 Å². The van der Waals surface area contributed by atoms with Gasteiger partial charge in [0, 0.05) is 4.88 Å². The summed E-state index contributed by atoms with van der Waals surface area (Å²) in [5.41, 5.74) is 0. The number of nitrogens with zero attached hydrogens (tertiary/aromatic N) is 1. The van der Waals surface area contributed by atoms with Gasteiger partial charge in [-0.2, -0.15) is 5.26 Å². The minimum absolute atomic E-state index is 0.00630. The van der Waals surface area contributed by atoms with Crippen LogP contribution in [0, 0.1) is 11.3 Å². The Balaban J connectivity index is 2.75. The molecule has 1 N–H and O–H groups in total. The Kier molecular flexibility index (Phi) is 2.24. The van der Waals surface area contributed by atoms with Gasteiger partial charge in [-0.15, -0.1) is 11.3 Å². The first-order chi connectivity index (χ1) is 5.22. The Bertz CT molecular complexity index is 310. The summed E-state index contributed by atoms with van der Waals surface area (Å²) in [6.45, 7) is 0. The summed E-state index contributed by atoms with van der Waals surface area (Å²) in [5.74, 6) is -0.865. The molecule has 1 rings (SSSR count). The van der Waals surface area contributed by atoms with E-state index < -0.39 is 5.97 Å². The lowest BCUT2D eigenvalue weighted by atomic mass is 10.3. The second-order valence-electron chi connectivity index (χ2n) is 1.95. The van der Waals surface area contributed by atoms with Crippen LogP contribution in [0.25, 0.3) is 0 Å². The number of thiophene rings is 1. The van der Waals surface area contributed by atoms with Crippen LogP contribution in [0.2, 0.25) is 0 Å². The molecular formula is C7H5NO2S. The van der Waals surface area contributed by atoms with Crippen molar-refractivity contribution in [3.05, 3.63) is 21.9 Å². The highest BCUT2D eigenvalue weighted by Crippen LogP contribution is 2.15. The van der Waals surface area contributed by atoms with Crippen LogP contribution in [-0.2, 0) is 11.2 Å². The molecule has 0 radical (unpaired) electrons. The molecular weight excluding hydrogens is 162 g/mol. The zero-order chi connectivity index (χ0) is 8.27. The van der Waals surface area contributed by atoms with Gasteiger partial charge >= 0.3 is 5.97 Å². The van der Waals surface area contributed by atoms with Crippen LogP contribution in [0.5, 0.6) is 0 Å². The molecule has 4 heteroatoms. The van der Waals surface area contributed by atoms with Gasteiger partial charge in [-0.25, -0.2) is 0 Å². The molecule has 0 spiro atoms. The van der Waals surface area contributed by atoms with Crippen molar-refractivity contribution in [1.82, 2.24) is 0 Å². The quantitative estimate of drug-likeness (QED) is 0.721. The van der Waals surface area contributed by atoms with Gasteiger partial charge in [-0.3, -0.25) is 4.79 Å². The van der Waals surface area contributed by atoms with E-state index in [-0.39, 0.29) is 6.42 Å². The molecule has 0 saturated heterocycles. The standard InChI is InChI=1S/C7H5NO2S/c8-4-6-2-1-5(11-6)3-7(9)10/h1-2H,3H2,(H,9,10). The minimum Gasteiger partial charge on any atom is -0.481 e. The summed E-state index contributed by atoms with van der Waals surface area (Å²) >= 11 is 1.22. The molecule has 0 aliphatic heterocycles. The monoisotopic (exact) mass is 167 g/mol. The second kappa shape index (κ2) is 3.17. The molecule has 0 aliphatic carbocycles. The van der Waals surface area contributed by atoms with Crippen LogP contribution >= 0.6 is 11.3 Å². The summed E-state index contributed by atoms with van der Waals surface area (Å²) in [5, 5.41) is 16.8. The summed E-state index contributed by atoms with van der Waals surface area (Å²) in [6, 6.07) is 5.24. The van der Waals surface area contributed by atoms with Crippen molar-refractivity contribution in [3.63, 3.8) is 0 Å². The number of nitriles is 1. The van der Waals surface area contributed by atoms with E-state index in [1.807, 2.05) is 6.07 Å². The highest BCUT2D eigenvalue weighted by Gasteiger charge is 2.02. The van der Waals surface area contributed by atoms with Gasteiger partial charge in [0.1, 0.15) is 10.9 Å². The number of carboxylic acid groups (broad SMARTS) is 1. The number of carboxylic acids is 1. The molecule has 0 amide bonds. The molecule has 0 saturated carbocycles. The fraction of sp³-hybridized carbons (Fsp3) is 0.143. The molecule has 0 bridgehead atoms. The van der Waals surface area contributed by atoms with Gasteiger partial charge in [0.05, 0.1) is 6.42 Å². The Morgan fingerprint density at radius 1 is 1.73 bits per heavy atom. The number of rotatable bonds is 2. The van der Waals surface area contributed by atoms with E-state index in [4.69, 9.17) is 10.4 Å². The molecule has 0 fully saturated rings. The number of aliphatic carboxylic acids is 1. The third-order valence-corrected chi connectivity index (χ3v) is 2.09. The largest absolute Gasteiger partial charge is 0.481 e. The Labute approximate surface area is 67.5 Å². The molecule has 0 atom stereocenters. The van der Waals surface area contributed by atoms with E-state index in [0.29, 0.717) is 9.75 Å². The maximum Gasteiger partial charge on any atom is 0.308 e. The molecule has 0 unspecified atom stereocenters. The van der Waals surface area contributed by atoms with Crippen LogP contribution in [0.1, 0.15) is 9.75 Å². The lowest BCUT2D eigenvalue weighted by Crippen LogP contribution is -1.96. The summed E-state index contributed by atoms with van der Waals surface area (Å²) in [4.78, 5) is 11.5. The SMILES string of the molecule is N#Cc1ccc(CC(=O)O)s1. The third-order valence-electron chi connectivity index (χ3n) is 1.10. The molecule has 0 aromatic carbocycles. The van der Waals surface area contributed by atoms with Gasteiger partial charge in [-0.1, -0.05) is 0 Å². The summed E-state index contributed by atoms with van der Waals surface area (Å²) in [7, 11) is 0. The maximum absolute atomic E-state index is 10.2. The molecule has 1 aromatic rings. The highest BCUT2D eigenvalue weighted by molar-refractivity contribution is 7.12. The topological polar surface area (TPSA) is 61.1 Å². The van der Waals surface area contributed by atoms with Crippen molar-refractivity contribution in [3.8, 4) is 6.07 Å². The summed E-state index contributed by atoms with van der Waals surface area (Å²) < 4.78 is 0. The number of carbonyl (C=O) groups is 1.